The molecule has 14 atom stereocenters. The lowest BCUT2D eigenvalue weighted by Gasteiger charge is -2.47. The van der Waals surface area contributed by atoms with Gasteiger partial charge in [0.05, 0.1) is 63.3 Å². The van der Waals surface area contributed by atoms with Gasteiger partial charge in [0, 0.05) is 0 Å². The van der Waals surface area contributed by atoms with Crippen LogP contribution in [0.4, 0.5) is 0 Å². The van der Waals surface area contributed by atoms with Gasteiger partial charge in [-0.05, 0) is 25.7 Å². The van der Waals surface area contributed by atoms with Gasteiger partial charge in [-0.3, -0.25) is 28.2 Å². The number of carbonyl (C=O) groups is 4. The first-order valence-corrected chi connectivity index (χ1v) is 39.9. The standard InChI is InChI=1S/C68H130N2O23P2/c1-5-9-13-17-21-25-29-33-37-41-51(72)45-57(76)69-61-65(90-59(78)47-53(74)43-39-35-31-27-23-19-15-11-7-3)63(80)56(89-68(61)93-95(84,85)86)50-87-67-62(70-58(77)46-52(73)42-38-34-30-26-22-18-14-10-6-2)66(64(55(49-71)88-67)92-94(81,82)83)91-60(79)48-54(75)44-40-36-32-28-24-20-16-12-8-4/h51-56,61-68,71-75,80H,5-50H2,1-4H3,(H,69,76)(H,70,77)(H2,81,82,83)(H2,84,85,86)/t51?,52?,53?,54?,55?,56?,61?,62?,63-,64-,65-,66-,67-,68+/m1/s1. The van der Waals surface area contributed by atoms with Gasteiger partial charge in [-0.2, -0.15) is 0 Å². The number of rotatable bonds is 60. The number of carbonyl (C=O) groups excluding carboxylic acids is 4. The molecular weight excluding hydrogens is 1270 g/mol. The summed E-state index contributed by atoms with van der Waals surface area (Å²) < 4.78 is 65.3. The van der Waals surface area contributed by atoms with Crippen molar-refractivity contribution < 1.29 is 111 Å². The summed E-state index contributed by atoms with van der Waals surface area (Å²) in [6.07, 6.45) is 13.8. The first kappa shape index (κ1) is 88.8. The van der Waals surface area contributed by atoms with Crippen molar-refractivity contribution in [2.75, 3.05) is 13.2 Å². The quantitative estimate of drug-likeness (QED) is 0.0153. The number of aliphatic hydroxyl groups is 6. The van der Waals surface area contributed by atoms with Gasteiger partial charge in [0.2, 0.25) is 11.8 Å². The van der Waals surface area contributed by atoms with E-state index in [1.165, 1.54) is 51.4 Å². The summed E-state index contributed by atoms with van der Waals surface area (Å²) in [5, 5.41) is 72.2. The molecule has 0 aliphatic carbocycles. The van der Waals surface area contributed by atoms with Crippen LogP contribution in [0.15, 0.2) is 0 Å². The monoisotopic (exact) mass is 1400 g/mol. The molecule has 0 spiro atoms. The lowest BCUT2D eigenvalue weighted by atomic mass is 9.95. The van der Waals surface area contributed by atoms with Crippen LogP contribution in [0.2, 0.25) is 0 Å². The molecule has 25 nitrogen and oxygen atoms in total. The number of hydrogen-bond acceptors (Lipinski definition) is 19. The molecule has 560 valence electrons. The summed E-state index contributed by atoms with van der Waals surface area (Å²) in [6, 6.07) is -3.75. The molecule has 2 amide bonds. The van der Waals surface area contributed by atoms with Gasteiger partial charge in [0.15, 0.2) is 24.8 Å². The van der Waals surface area contributed by atoms with E-state index in [0.29, 0.717) is 25.7 Å². The fraction of sp³-hybridized carbons (Fsp3) is 0.941. The topological polar surface area (TPSA) is 393 Å². The Morgan fingerprint density at radius 3 is 1.02 bits per heavy atom. The minimum atomic E-state index is -5.61. The van der Waals surface area contributed by atoms with Crippen LogP contribution in [-0.4, -0.2) is 173 Å². The molecule has 2 fully saturated rings. The molecule has 0 radical (unpaired) electrons. The number of phosphoric ester groups is 2. The van der Waals surface area contributed by atoms with Gasteiger partial charge in [0.1, 0.15) is 36.5 Å². The molecule has 0 bridgehead atoms. The van der Waals surface area contributed by atoms with Crippen molar-refractivity contribution in [3.63, 3.8) is 0 Å². The first-order chi connectivity index (χ1) is 45.4. The third-order valence-corrected chi connectivity index (χ3v) is 18.8. The molecule has 95 heavy (non-hydrogen) atoms. The average Bonchev–Trinajstić information content (AvgIpc) is 0.787. The molecular formula is C68H130N2O23P2. The Hall–Kier alpha value is -2.26. The largest absolute Gasteiger partial charge is 0.472 e. The summed E-state index contributed by atoms with van der Waals surface area (Å²) >= 11 is 0. The minimum absolute atomic E-state index is 0.196. The van der Waals surface area contributed by atoms with Crippen molar-refractivity contribution in [1.29, 1.82) is 0 Å². The molecule has 0 aromatic carbocycles. The third-order valence-electron chi connectivity index (χ3n) is 17.8. The van der Waals surface area contributed by atoms with Gasteiger partial charge in [0.25, 0.3) is 0 Å². The number of esters is 2. The van der Waals surface area contributed by atoms with Crippen LogP contribution in [0.5, 0.6) is 0 Å². The van der Waals surface area contributed by atoms with Crippen LogP contribution >= 0.6 is 15.6 Å². The van der Waals surface area contributed by atoms with Gasteiger partial charge in [-0.1, -0.05) is 259 Å². The van der Waals surface area contributed by atoms with E-state index in [2.05, 4.69) is 38.3 Å². The Bertz CT molecular complexity index is 2080. The zero-order valence-electron chi connectivity index (χ0n) is 58.3. The van der Waals surface area contributed by atoms with Crippen LogP contribution in [0, 0.1) is 0 Å². The number of hydrogen-bond donors (Lipinski definition) is 12. The number of aliphatic hydroxyl groups excluding tert-OH is 6. The third kappa shape index (κ3) is 43.2. The Kier molecular flexibility index (Phi) is 50.1. The van der Waals surface area contributed by atoms with Gasteiger partial charge in [-0.25, -0.2) is 9.13 Å². The van der Waals surface area contributed by atoms with Gasteiger partial charge in [-0.15, -0.1) is 0 Å². The molecule has 2 rings (SSSR count). The summed E-state index contributed by atoms with van der Waals surface area (Å²) in [4.78, 5) is 96.5. The number of amides is 2. The summed E-state index contributed by atoms with van der Waals surface area (Å²) in [7, 11) is -11.2. The van der Waals surface area contributed by atoms with E-state index in [9.17, 15) is 78.5 Å². The molecule has 2 heterocycles. The first-order valence-electron chi connectivity index (χ1n) is 36.8. The molecule has 2 aliphatic rings. The van der Waals surface area contributed by atoms with Crippen molar-refractivity contribution in [3.8, 4) is 0 Å². The maximum absolute atomic E-state index is 14.1. The molecule has 2 saturated heterocycles. The molecule has 27 heteroatoms. The maximum Gasteiger partial charge on any atom is 0.472 e. The smallest absolute Gasteiger partial charge is 0.457 e. The summed E-state index contributed by atoms with van der Waals surface area (Å²) in [6.45, 7) is 6.55. The molecule has 0 aromatic heterocycles. The van der Waals surface area contributed by atoms with E-state index in [-0.39, 0.29) is 25.7 Å². The second-order valence-corrected chi connectivity index (χ2v) is 29.1. The van der Waals surface area contributed by atoms with Gasteiger partial charge >= 0.3 is 27.6 Å². The number of nitrogens with one attached hydrogen (secondary N) is 2. The number of ether oxygens (including phenoxy) is 5. The molecule has 0 aromatic rings. The molecule has 0 saturated carbocycles. The van der Waals surface area contributed by atoms with Crippen LogP contribution in [0.1, 0.15) is 310 Å². The Morgan fingerprint density at radius 2 is 0.695 bits per heavy atom. The highest BCUT2D eigenvalue weighted by Gasteiger charge is 2.55. The van der Waals surface area contributed by atoms with E-state index < -0.39 is 164 Å². The van der Waals surface area contributed by atoms with E-state index in [1.54, 1.807) is 0 Å². The normalized spacial score (nSPS) is 23.0. The SMILES string of the molecule is CCCCCCCCCCCC(O)CC(=O)NC1[C@H](OP(=O)(O)O)OC(CO[C@@H]2OC(CO)[C@@H](OP(=O)(O)O)[C@H](OC(=O)CC(O)CCCCCCCCCCC)C2NC(=O)CC(O)CCCCCCCCCCC)[C@@H](O)[C@@H]1OC(=O)CC(O)CCCCCCCCCCC. The minimum Gasteiger partial charge on any atom is -0.457 e. The van der Waals surface area contributed by atoms with E-state index in [0.717, 1.165) is 154 Å². The predicted octanol–water partition coefficient (Wildman–Crippen LogP) is 10.9. The van der Waals surface area contributed by atoms with Crippen LogP contribution in [0.25, 0.3) is 0 Å². The van der Waals surface area contributed by atoms with E-state index >= 15 is 0 Å². The van der Waals surface area contributed by atoms with Crippen molar-refractivity contribution in [2.24, 2.45) is 0 Å². The summed E-state index contributed by atoms with van der Waals surface area (Å²) in [5.41, 5.74) is 0. The maximum atomic E-state index is 14.1. The Labute approximate surface area is 568 Å². The van der Waals surface area contributed by atoms with Crippen molar-refractivity contribution in [2.45, 2.75) is 396 Å². The fourth-order valence-electron chi connectivity index (χ4n) is 12.4. The summed E-state index contributed by atoms with van der Waals surface area (Å²) in [5.74, 6) is -4.01. The lowest BCUT2D eigenvalue weighted by molar-refractivity contribution is -0.296. The second kappa shape index (κ2) is 53.6. The van der Waals surface area contributed by atoms with Gasteiger partial charge < -0.3 is 84.5 Å². The van der Waals surface area contributed by atoms with Crippen molar-refractivity contribution >= 4 is 39.4 Å². The van der Waals surface area contributed by atoms with Crippen molar-refractivity contribution in [1.82, 2.24) is 10.6 Å². The number of phosphoric acid groups is 2. The lowest BCUT2D eigenvalue weighted by Crippen LogP contribution is -2.68. The second-order valence-electron chi connectivity index (χ2n) is 26.7. The van der Waals surface area contributed by atoms with E-state index in [1.807, 2.05) is 0 Å². The number of unbranched alkanes of at least 4 members (excludes halogenated alkanes) is 32. The zero-order valence-corrected chi connectivity index (χ0v) is 60.1. The highest BCUT2D eigenvalue weighted by Crippen LogP contribution is 2.44. The molecule has 2 aliphatic heterocycles. The molecule has 12 N–H and O–H groups in total. The highest BCUT2D eigenvalue weighted by atomic mass is 31.2. The van der Waals surface area contributed by atoms with Crippen LogP contribution < -0.4 is 10.6 Å². The van der Waals surface area contributed by atoms with Crippen molar-refractivity contribution in [3.05, 3.63) is 0 Å². The Balaban J connectivity index is 2.55. The van der Waals surface area contributed by atoms with Crippen LogP contribution in [-0.2, 0) is 61.0 Å². The fourth-order valence-corrected chi connectivity index (χ4v) is 13.4. The predicted molar refractivity (Wildman–Crippen MR) is 360 cm³/mol. The van der Waals surface area contributed by atoms with E-state index in [4.69, 9.17) is 32.7 Å². The highest BCUT2D eigenvalue weighted by molar-refractivity contribution is 7.46. The average molecular weight is 1410 g/mol. The molecule has 8 unspecified atom stereocenters. The Morgan fingerprint density at radius 1 is 0.400 bits per heavy atom. The zero-order chi connectivity index (χ0) is 70.3. The van der Waals surface area contributed by atoms with Crippen LogP contribution in [0.3, 0.4) is 0 Å².